The second kappa shape index (κ2) is 11.0. The lowest BCUT2D eigenvalue weighted by molar-refractivity contribution is -0.138. The first-order valence-electron chi connectivity index (χ1n) is 8.73. The first-order chi connectivity index (χ1) is 12.7. The van der Waals surface area contributed by atoms with Crippen LogP contribution in [0.3, 0.4) is 0 Å². The van der Waals surface area contributed by atoms with Crippen molar-refractivity contribution >= 4 is 37.6 Å². The van der Waals surface area contributed by atoms with E-state index in [1.54, 1.807) is 0 Å². The molecule has 0 aliphatic heterocycles. The molecular weight excluding hydrogens is 396 g/mol. The molecule has 9 heteroatoms. The number of hydrogen-bond acceptors (Lipinski definition) is 6. The number of ether oxygens (including phenoxy) is 1. The number of hydrogen-bond donors (Lipinski definition) is 1. The summed E-state index contributed by atoms with van der Waals surface area (Å²) in [7, 11) is 1.04. The number of benzene rings is 1. The van der Waals surface area contributed by atoms with Gasteiger partial charge in [-0.25, -0.2) is 18.0 Å². The highest BCUT2D eigenvalue weighted by Gasteiger charge is 2.23. The standard InChI is InChI=1S/C18H23ClO7S/c1-2-3-4-5-6-7-8-9-16(20)26-18(23)15-12-13(27(19,24)25)10-11-14(15)17(21)22/h10-12H,2-9H2,1H3,(H,21,22). The molecule has 0 aromatic heterocycles. The summed E-state index contributed by atoms with van der Waals surface area (Å²) in [5, 5.41) is 9.13. The van der Waals surface area contributed by atoms with Crippen molar-refractivity contribution in [3.8, 4) is 0 Å². The van der Waals surface area contributed by atoms with Crippen LogP contribution in [0, 0.1) is 0 Å². The lowest BCUT2D eigenvalue weighted by Crippen LogP contribution is -2.16. The molecule has 0 unspecified atom stereocenters. The summed E-state index contributed by atoms with van der Waals surface area (Å²) < 4.78 is 27.4. The predicted molar refractivity (Wildman–Crippen MR) is 99.5 cm³/mol. The smallest absolute Gasteiger partial charge is 0.346 e. The molecule has 1 N–H and O–H groups in total. The Labute approximate surface area is 163 Å². The van der Waals surface area contributed by atoms with E-state index in [2.05, 4.69) is 11.7 Å². The first-order valence-corrected chi connectivity index (χ1v) is 11.0. The van der Waals surface area contributed by atoms with Crippen LogP contribution >= 0.6 is 10.7 Å². The van der Waals surface area contributed by atoms with Crippen molar-refractivity contribution in [1.82, 2.24) is 0 Å². The summed E-state index contributed by atoms with van der Waals surface area (Å²) in [6.07, 6.45) is 6.96. The van der Waals surface area contributed by atoms with Crippen LogP contribution in [-0.4, -0.2) is 31.4 Å². The van der Waals surface area contributed by atoms with Crippen molar-refractivity contribution in [3.05, 3.63) is 29.3 Å². The summed E-state index contributed by atoms with van der Waals surface area (Å²) in [5.74, 6) is -3.47. The van der Waals surface area contributed by atoms with Gasteiger partial charge in [-0.15, -0.1) is 0 Å². The molecule has 7 nitrogen and oxygen atoms in total. The number of carboxylic acid groups (broad SMARTS) is 1. The largest absolute Gasteiger partial charge is 0.478 e. The highest BCUT2D eigenvalue weighted by atomic mass is 35.7. The van der Waals surface area contributed by atoms with Crippen LogP contribution in [0.15, 0.2) is 23.1 Å². The molecule has 0 amide bonds. The van der Waals surface area contributed by atoms with Gasteiger partial charge < -0.3 is 9.84 Å². The van der Waals surface area contributed by atoms with Gasteiger partial charge in [0, 0.05) is 17.1 Å². The number of carboxylic acids is 1. The van der Waals surface area contributed by atoms with E-state index in [9.17, 15) is 22.8 Å². The lowest BCUT2D eigenvalue weighted by Gasteiger charge is -2.07. The molecule has 150 valence electrons. The van der Waals surface area contributed by atoms with Crippen LogP contribution in [0.5, 0.6) is 0 Å². The number of rotatable bonds is 11. The molecule has 27 heavy (non-hydrogen) atoms. The Kier molecular flexibility index (Phi) is 9.45. The average Bonchev–Trinajstić information content (AvgIpc) is 2.59. The molecule has 0 bridgehead atoms. The third kappa shape index (κ3) is 8.09. The average molecular weight is 419 g/mol. The maximum Gasteiger partial charge on any atom is 0.346 e. The van der Waals surface area contributed by atoms with Gasteiger partial charge in [0.25, 0.3) is 9.05 Å². The Morgan fingerprint density at radius 2 is 1.59 bits per heavy atom. The normalized spacial score (nSPS) is 11.2. The summed E-state index contributed by atoms with van der Waals surface area (Å²) in [4.78, 5) is 34.7. The summed E-state index contributed by atoms with van der Waals surface area (Å²) in [6.45, 7) is 2.13. The summed E-state index contributed by atoms with van der Waals surface area (Å²) >= 11 is 0. The number of halogens is 1. The predicted octanol–water partition coefficient (Wildman–Crippen LogP) is 4.14. The van der Waals surface area contributed by atoms with Crippen LogP contribution in [0.4, 0.5) is 0 Å². The number of carbonyl (C=O) groups excluding carboxylic acids is 2. The molecule has 0 saturated heterocycles. The monoisotopic (exact) mass is 418 g/mol. The molecular formula is C18H23ClO7S. The Balaban J connectivity index is 2.67. The topological polar surface area (TPSA) is 115 Å². The van der Waals surface area contributed by atoms with E-state index in [4.69, 9.17) is 15.8 Å². The second-order valence-electron chi connectivity index (χ2n) is 6.08. The van der Waals surface area contributed by atoms with Gasteiger partial charge >= 0.3 is 17.9 Å². The highest BCUT2D eigenvalue weighted by molar-refractivity contribution is 8.13. The van der Waals surface area contributed by atoms with Crippen LogP contribution in [0.2, 0.25) is 0 Å². The fourth-order valence-electron chi connectivity index (χ4n) is 2.47. The Bertz CT molecular complexity index is 787. The minimum Gasteiger partial charge on any atom is -0.478 e. The zero-order chi connectivity index (χ0) is 20.4. The van der Waals surface area contributed by atoms with Crippen LogP contribution in [0.1, 0.15) is 79.0 Å². The molecule has 0 heterocycles. The number of unbranched alkanes of at least 4 members (excludes halogenated alkanes) is 6. The van der Waals surface area contributed by atoms with Crippen molar-refractivity contribution in [3.63, 3.8) is 0 Å². The van der Waals surface area contributed by atoms with Crippen molar-refractivity contribution in [2.45, 2.75) is 63.2 Å². The quantitative estimate of drug-likeness (QED) is 0.248. The molecule has 1 aromatic rings. The molecule has 0 fully saturated rings. The number of esters is 2. The molecule has 0 aliphatic rings. The van der Waals surface area contributed by atoms with Gasteiger partial charge in [0.05, 0.1) is 16.0 Å². The van der Waals surface area contributed by atoms with E-state index >= 15 is 0 Å². The van der Waals surface area contributed by atoms with E-state index in [-0.39, 0.29) is 6.42 Å². The Morgan fingerprint density at radius 1 is 1.00 bits per heavy atom. The van der Waals surface area contributed by atoms with Crippen molar-refractivity contribution < 1.29 is 32.6 Å². The fraction of sp³-hybridized carbons (Fsp3) is 0.500. The van der Waals surface area contributed by atoms with Crippen LogP contribution in [-0.2, 0) is 18.6 Å². The SMILES string of the molecule is CCCCCCCCCC(=O)OC(=O)c1cc(S(=O)(=O)Cl)ccc1C(=O)O. The maximum absolute atomic E-state index is 12.1. The van der Waals surface area contributed by atoms with Gasteiger partial charge in [-0.1, -0.05) is 45.4 Å². The Morgan fingerprint density at radius 3 is 2.15 bits per heavy atom. The molecule has 0 aliphatic carbocycles. The highest BCUT2D eigenvalue weighted by Crippen LogP contribution is 2.21. The van der Waals surface area contributed by atoms with E-state index in [1.807, 2.05) is 0 Å². The molecule has 0 spiro atoms. The molecule has 1 rings (SSSR count). The first kappa shape index (κ1) is 23.1. The maximum atomic E-state index is 12.1. The van der Waals surface area contributed by atoms with Crippen molar-refractivity contribution in [2.75, 3.05) is 0 Å². The lowest BCUT2D eigenvalue weighted by atomic mass is 10.1. The molecule has 1 aromatic carbocycles. The van der Waals surface area contributed by atoms with Gasteiger partial charge in [-0.3, -0.25) is 4.79 Å². The van der Waals surface area contributed by atoms with E-state index in [1.165, 1.54) is 6.42 Å². The number of carbonyl (C=O) groups is 3. The van der Waals surface area contributed by atoms with Gasteiger partial charge in [0.1, 0.15) is 0 Å². The summed E-state index contributed by atoms with van der Waals surface area (Å²) in [5.41, 5.74) is -1.02. The zero-order valence-electron chi connectivity index (χ0n) is 15.1. The molecule has 0 atom stereocenters. The third-order valence-corrected chi connectivity index (χ3v) is 5.27. The van der Waals surface area contributed by atoms with Crippen LogP contribution < -0.4 is 0 Å². The van der Waals surface area contributed by atoms with E-state index < -0.39 is 43.0 Å². The number of aromatic carboxylic acids is 1. The zero-order valence-corrected chi connectivity index (χ0v) is 16.6. The summed E-state index contributed by atoms with van der Waals surface area (Å²) in [6, 6.07) is 2.67. The van der Waals surface area contributed by atoms with Gasteiger partial charge in [0.15, 0.2) is 0 Å². The second-order valence-corrected chi connectivity index (χ2v) is 8.65. The van der Waals surface area contributed by atoms with Crippen molar-refractivity contribution in [1.29, 1.82) is 0 Å². The van der Waals surface area contributed by atoms with Gasteiger partial charge in [-0.05, 0) is 24.6 Å². The van der Waals surface area contributed by atoms with E-state index in [0.29, 0.717) is 6.42 Å². The van der Waals surface area contributed by atoms with E-state index in [0.717, 1.165) is 50.3 Å². The minimum atomic E-state index is -4.17. The van der Waals surface area contributed by atoms with Crippen LogP contribution in [0.25, 0.3) is 0 Å². The Hall–Kier alpha value is -1.93. The molecule has 0 saturated carbocycles. The fourth-order valence-corrected chi connectivity index (χ4v) is 3.24. The van der Waals surface area contributed by atoms with Gasteiger partial charge in [0.2, 0.25) is 0 Å². The van der Waals surface area contributed by atoms with Gasteiger partial charge in [-0.2, -0.15) is 0 Å². The minimum absolute atomic E-state index is 0.0232. The third-order valence-electron chi connectivity index (χ3n) is 3.91. The van der Waals surface area contributed by atoms with Crippen molar-refractivity contribution in [2.24, 2.45) is 0 Å². The molecule has 0 radical (unpaired) electrons.